The largest absolute Gasteiger partial charge is 0.435 e. The second-order valence-corrected chi connectivity index (χ2v) is 12.5. The van der Waals surface area contributed by atoms with Crippen LogP contribution in [0.25, 0.3) is 44.5 Å². The Kier molecular flexibility index (Phi) is 7.80. The molecular weight excluding hydrogens is 623 g/mol. The van der Waals surface area contributed by atoms with Gasteiger partial charge in [0.2, 0.25) is 5.89 Å². The van der Waals surface area contributed by atoms with Crippen LogP contribution in [0.4, 0.5) is 34.1 Å². The van der Waals surface area contributed by atoms with Crippen molar-refractivity contribution in [2.75, 3.05) is 9.80 Å². The molecule has 4 nitrogen and oxygen atoms in total. The van der Waals surface area contributed by atoms with Crippen LogP contribution in [-0.4, -0.2) is 4.98 Å². The van der Waals surface area contributed by atoms with Crippen LogP contribution in [0.15, 0.2) is 205 Å². The highest BCUT2D eigenvalue weighted by Crippen LogP contribution is 2.47. The van der Waals surface area contributed by atoms with Crippen molar-refractivity contribution in [3.63, 3.8) is 0 Å². The Morgan fingerprint density at radius 2 is 0.843 bits per heavy atom. The molecule has 4 heteroatoms. The van der Waals surface area contributed by atoms with Gasteiger partial charge in [-0.05, 0) is 95.4 Å². The molecule has 0 aliphatic heterocycles. The summed E-state index contributed by atoms with van der Waals surface area (Å²) in [6.45, 7) is 0. The highest BCUT2D eigenvalue weighted by atomic mass is 16.3. The fourth-order valence-corrected chi connectivity index (χ4v) is 6.85. The minimum absolute atomic E-state index is 0.599. The Morgan fingerprint density at radius 3 is 1.41 bits per heavy atom. The summed E-state index contributed by atoms with van der Waals surface area (Å²) in [5.74, 6) is 0.599. The fourth-order valence-electron chi connectivity index (χ4n) is 6.85. The first-order valence-electron chi connectivity index (χ1n) is 17.1. The topological polar surface area (TPSA) is 32.5 Å². The number of oxazole rings is 1. The average Bonchev–Trinajstić information content (AvgIpc) is 3.65. The molecule has 0 bridgehead atoms. The number of hydrogen-bond acceptors (Lipinski definition) is 4. The fraction of sp³-hybridized carbons (Fsp3) is 0. The van der Waals surface area contributed by atoms with Gasteiger partial charge in [-0.2, -0.15) is 0 Å². The molecule has 9 rings (SSSR count). The zero-order valence-electron chi connectivity index (χ0n) is 27.8. The summed E-state index contributed by atoms with van der Waals surface area (Å²) in [6, 6.07) is 69.8. The Balaban J connectivity index is 1.33. The molecule has 0 amide bonds. The summed E-state index contributed by atoms with van der Waals surface area (Å²) in [6.07, 6.45) is 0. The average molecular weight is 656 g/mol. The summed E-state index contributed by atoms with van der Waals surface area (Å²) >= 11 is 0. The summed E-state index contributed by atoms with van der Waals surface area (Å²) in [7, 11) is 0. The van der Waals surface area contributed by atoms with Gasteiger partial charge in [0.15, 0.2) is 5.58 Å². The monoisotopic (exact) mass is 655 g/mol. The molecule has 0 spiro atoms. The molecule has 0 saturated carbocycles. The number of para-hydroxylation sites is 3. The normalized spacial score (nSPS) is 11.1. The first-order chi connectivity index (χ1) is 25.3. The lowest BCUT2D eigenvalue weighted by Gasteiger charge is -2.30. The molecule has 51 heavy (non-hydrogen) atoms. The number of rotatable bonds is 8. The van der Waals surface area contributed by atoms with Crippen molar-refractivity contribution in [1.29, 1.82) is 0 Å². The Morgan fingerprint density at radius 1 is 0.373 bits per heavy atom. The van der Waals surface area contributed by atoms with E-state index in [-0.39, 0.29) is 0 Å². The summed E-state index contributed by atoms with van der Waals surface area (Å²) < 4.78 is 6.73. The molecule has 1 heterocycles. The Hall–Kier alpha value is -6.91. The van der Waals surface area contributed by atoms with Crippen LogP contribution in [0.3, 0.4) is 0 Å². The SMILES string of the molecule is c1ccc(-c2ccc(N(c3ccccc3)c3cc(N(c4ccccc4)c4ccccc4)cc4ccc5nc(-c6ccccc6)oc5c34)cc2)cc1. The Labute approximate surface area is 297 Å². The molecule has 0 aliphatic rings. The smallest absolute Gasteiger partial charge is 0.227 e. The molecule has 242 valence electrons. The first kappa shape index (κ1) is 30.2. The molecule has 8 aromatic carbocycles. The van der Waals surface area contributed by atoms with Gasteiger partial charge in [0.25, 0.3) is 0 Å². The molecule has 0 unspecified atom stereocenters. The highest BCUT2D eigenvalue weighted by Gasteiger charge is 2.23. The van der Waals surface area contributed by atoms with E-state index in [0.29, 0.717) is 5.89 Å². The number of hydrogen-bond donors (Lipinski definition) is 0. The second-order valence-electron chi connectivity index (χ2n) is 12.5. The molecule has 0 N–H and O–H groups in total. The minimum Gasteiger partial charge on any atom is -0.435 e. The lowest BCUT2D eigenvalue weighted by molar-refractivity contribution is 0.623. The maximum absolute atomic E-state index is 6.73. The summed E-state index contributed by atoms with van der Waals surface area (Å²) in [5.41, 5.74) is 11.1. The number of fused-ring (bicyclic) bond motifs is 3. The molecule has 1 aromatic heterocycles. The highest BCUT2D eigenvalue weighted by molar-refractivity contribution is 6.14. The van der Waals surface area contributed by atoms with Gasteiger partial charge < -0.3 is 14.2 Å². The quantitative estimate of drug-likeness (QED) is 0.163. The number of anilines is 6. The molecular formula is C47H33N3O. The summed E-state index contributed by atoms with van der Waals surface area (Å²) in [4.78, 5) is 9.62. The van der Waals surface area contributed by atoms with Crippen molar-refractivity contribution in [3.05, 3.63) is 200 Å². The van der Waals surface area contributed by atoms with Crippen LogP contribution in [0.1, 0.15) is 0 Å². The van der Waals surface area contributed by atoms with Crippen molar-refractivity contribution in [1.82, 2.24) is 4.98 Å². The van der Waals surface area contributed by atoms with Gasteiger partial charge in [-0.15, -0.1) is 0 Å². The molecule has 9 aromatic rings. The van der Waals surface area contributed by atoms with Gasteiger partial charge in [-0.25, -0.2) is 4.98 Å². The second kappa shape index (κ2) is 13.2. The molecule has 0 saturated heterocycles. The minimum atomic E-state index is 0.599. The van der Waals surface area contributed by atoms with E-state index in [1.807, 2.05) is 30.3 Å². The van der Waals surface area contributed by atoms with Crippen LogP contribution in [0.5, 0.6) is 0 Å². The van der Waals surface area contributed by atoms with E-state index in [1.165, 1.54) is 5.56 Å². The van der Waals surface area contributed by atoms with Crippen LogP contribution in [0.2, 0.25) is 0 Å². The van der Waals surface area contributed by atoms with Crippen molar-refractivity contribution < 1.29 is 4.42 Å². The lowest BCUT2D eigenvalue weighted by atomic mass is 10.0. The molecule has 0 fully saturated rings. The van der Waals surface area contributed by atoms with Gasteiger partial charge in [0, 0.05) is 34.0 Å². The van der Waals surface area contributed by atoms with Gasteiger partial charge in [0.05, 0.1) is 11.1 Å². The van der Waals surface area contributed by atoms with Crippen molar-refractivity contribution >= 4 is 56.0 Å². The predicted molar refractivity (Wildman–Crippen MR) is 212 cm³/mol. The van der Waals surface area contributed by atoms with E-state index in [9.17, 15) is 0 Å². The van der Waals surface area contributed by atoms with Gasteiger partial charge in [-0.1, -0.05) is 121 Å². The van der Waals surface area contributed by atoms with Crippen molar-refractivity contribution in [2.45, 2.75) is 0 Å². The van der Waals surface area contributed by atoms with Gasteiger partial charge in [-0.3, -0.25) is 0 Å². The van der Waals surface area contributed by atoms with Crippen molar-refractivity contribution in [2.24, 2.45) is 0 Å². The third-order valence-corrected chi connectivity index (χ3v) is 9.23. The van der Waals surface area contributed by atoms with Gasteiger partial charge in [0.1, 0.15) is 5.52 Å². The van der Waals surface area contributed by atoms with Crippen LogP contribution in [-0.2, 0) is 0 Å². The van der Waals surface area contributed by atoms with E-state index < -0.39 is 0 Å². The predicted octanol–water partition coefficient (Wildman–Crippen LogP) is 13.3. The zero-order valence-corrected chi connectivity index (χ0v) is 27.8. The first-order valence-corrected chi connectivity index (χ1v) is 17.1. The summed E-state index contributed by atoms with van der Waals surface area (Å²) in [5, 5.41) is 2.03. The van der Waals surface area contributed by atoms with Gasteiger partial charge >= 0.3 is 0 Å². The number of nitrogens with zero attached hydrogens (tertiary/aromatic N) is 3. The Bertz CT molecular complexity index is 2510. The van der Waals surface area contributed by atoms with Crippen LogP contribution in [0, 0.1) is 0 Å². The van der Waals surface area contributed by atoms with E-state index in [4.69, 9.17) is 9.40 Å². The molecule has 0 radical (unpaired) electrons. The third-order valence-electron chi connectivity index (χ3n) is 9.23. The number of aromatic nitrogens is 1. The maximum atomic E-state index is 6.73. The van der Waals surface area contributed by atoms with E-state index in [2.05, 4.69) is 180 Å². The van der Waals surface area contributed by atoms with E-state index in [1.54, 1.807) is 0 Å². The van der Waals surface area contributed by atoms with Crippen LogP contribution >= 0.6 is 0 Å². The number of benzene rings is 8. The van der Waals surface area contributed by atoms with E-state index >= 15 is 0 Å². The van der Waals surface area contributed by atoms with E-state index in [0.717, 1.165) is 67.1 Å². The standard InChI is InChI=1S/C47H33N3O/c1-6-16-34(17-7-1)35-26-29-41(30-27-35)50(40-24-14-5-15-25-40)44-33-42(49(38-20-10-3-11-21-38)39-22-12-4-13-23-39)32-37-28-31-43-46(45(37)44)51-47(48-43)36-18-8-2-9-19-36/h1-33H. The van der Waals surface area contributed by atoms with Crippen LogP contribution < -0.4 is 9.80 Å². The van der Waals surface area contributed by atoms with Crippen molar-refractivity contribution in [3.8, 4) is 22.6 Å². The zero-order chi connectivity index (χ0) is 34.0. The maximum Gasteiger partial charge on any atom is 0.227 e. The third kappa shape index (κ3) is 5.79. The lowest BCUT2D eigenvalue weighted by Crippen LogP contribution is -2.14. The molecule has 0 aliphatic carbocycles. The molecule has 0 atom stereocenters.